The van der Waals surface area contributed by atoms with Gasteiger partial charge in [-0.05, 0) is 278 Å². The summed E-state index contributed by atoms with van der Waals surface area (Å²) >= 11 is 0. The third-order valence-corrected chi connectivity index (χ3v) is 42.6. The number of hydrogen-bond acceptors (Lipinski definition) is 30. The maximum atomic E-state index is 12.5. The van der Waals surface area contributed by atoms with Crippen LogP contribution in [0.3, 0.4) is 0 Å². The number of carboxylic acids is 3. The third kappa shape index (κ3) is 16.7. The fraction of sp³-hybridized carbons (Fsp3) is 0.970. The molecule has 15 saturated heterocycles. The van der Waals surface area contributed by atoms with E-state index in [1.165, 1.54) is 231 Å². The van der Waals surface area contributed by atoms with Gasteiger partial charge < -0.3 is 29.7 Å². The average Bonchev–Trinajstić information content (AvgIpc) is 1.60. The van der Waals surface area contributed by atoms with Crippen LogP contribution in [0.4, 0.5) is 0 Å². The van der Waals surface area contributed by atoms with Crippen molar-refractivity contribution in [1.29, 1.82) is 0 Å². The van der Waals surface area contributed by atoms with E-state index in [2.05, 4.69) is 128 Å². The molecule has 24 N–H and O–H groups in total. The number of rotatable bonds is 3. The number of nitrogens with one attached hydrogen (secondary N) is 24. The van der Waals surface area contributed by atoms with Gasteiger partial charge in [0.2, 0.25) is 0 Å². The molecule has 0 aromatic rings. The molecule has 725 valence electrons. The molecule has 12 saturated carbocycles. The molecule has 0 amide bonds. The van der Waals surface area contributed by atoms with Gasteiger partial charge in [0.1, 0.15) is 0 Å². The molecule has 0 aromatic carbocycles. The van der Waals surface area contributed by atoms with Gasteiger partial charge in [-0.2, -0.15) is 0 Å². The monoisotopic (exact) mass is 1840 g/mol. The van der Waals surface area contributed by atoms with Gasteiger partial charge in [-0.15, -0.1) is 0 Å². The van der Waals surface area contributed by atoms with E-state index >= 15 is 0 Å². The molecule has 0 spiro atoms. The Hall–Kier alpha value is -2.03. The Morgan fingerprint density at radius 1 is 0.131 bits per heavy atom. The zero-order valence-corrected chi connectivity index (χ0v) is 78.7. The van der Waals surface area contributed by atoms with E-state index < -0.39 is 35.7 Å². The Bertz CT molecular complexity index is 3530. The number of carbonyl (C=O) groups is 3. The van der Waals surface area contributed by atoms with Crippen LogP contribution in [0.1, 0.15) is 289 Å². The quantitative estimate of drug-likeness (QED) is 0.179. The Balaban J connectivity index is 0.000000108. The molecule has 15 aliphatic heterocycles. The van der Waals surface area contributed by atoms with Gasteiger partial charge in [0, 0.05) is 53.4 Å². The first-order chi connectivity index (χ1) is 63.4. The van der Waals surface area contributed by atoms with E-state index in [0.29, 0.717) is 180 Å². The second-order valence-electron chi connectivity index (χ2n) is 48.3. The van der Waals surface area contributed by atoms with Crippen LogP contribution >= 0.6 is 0 Å². The topological polar surface area (TPSA) is 409 Å². The van der Waals surface area contributed by atoms with Crippen molar-refractivity contribution in [3.63, 3.8) is 0 Å². The van der Waals surface area contributed by atoms with Crippen LogP contribution in [-0.2, 0) is 31.5 Å². The van der Waals surface area contributed by atoms with Crippen molar-refractivity contribution < 1.29 is 46.8 Å². The smallest absolute Gasteiger partial charge is 0.550 e. The van der Waals surface area contributed by atoms with E-state index in [1.807, 2.05) is 0 Å². The largest absolute Gasteiger partial charge is 3.00 e. The van der Waals surface area contributed by atoms with Crippen LogP contribution < -0.4 is 143 Å². The van der Waals surface area contributed by atoms with Crippen LogP contribution in [0.25, 0.3) is 0 Å². The molecular formula is C99H165FeN24O6. The van der Waals surface area contributed by atoms with Crippen molar-refractivity contribution >= 4 is 17.9 Å². The van der Waals surface area contributed by atoms with Crippen LogP contribution in [0.2, 0.25) is 0 Å². The normalized spacial score (nSPS) is 55.6. The summed E-state index contributed by atoms with van der Waals surface area (Å²) in [6, 6.07) is 0. The molecule has 15 heterocycles. The molecule has 51 atom stereocenters. The van der Waals surface area contributed by atoms with Gasteiger partial charge in [-0.25, -0.2) is 0 Å². The van der Waals surface area contributed by atoms with Gasteiger partial charge in [0.25, 0.3) is 0 Å². The second-order valence-corrected chi connectivity index (χ2v) is 48.3. The summed E-state index contributed by atoms with van der Waals surface area (Å²) < 4.78 is 0. The minimum absolute atomic E-state index is 0. The van der Waals surface area contributed by atoms with E-state index in [9.17, 15) is 29.7 Å². The number of aliphatic carboxylic acids is 3. The summed E-state index contributed by atoms with van der Waals surface area (Å²) in [7, 11) is 0. The van der Waals surface area contributed by atoms with Gasteiger partial charge in [-0.3, -0.25) is 128 Å². The van der Waals surface area contributed by atoms with Crippen molar-refractivity contribution in [2.45, 2.75) is 437 Å². The molecule has 12 aliphatic carbocycles. The number of fused-ring (bicyclic) bond motifs is 60. The minimum atomic E-state index is -0.857. The Labute approximate surface area is 784 Å². The van der Waals surface area contributed by atoms with Crippen molar-refractivity contribution in [1.82, 2.24) is 128 Å². The van der Waals surface area contributed by atoms with Crippen molar-refractivity contribution in [3.05, 3.63) is 0 Å². The van der Waals surface area contributed by atoms with Crippen LogP contribution in [0, 0.1) is 160 Å². The number of carbonyl (C=O) groups excluding carboxylic acids is 3. The van der Waals surface area contributed by atoms with Crippen LogP contribution in [0.15, 0.2) is 0 Å². The fourth-order valence-electron chi connectivity index (χ4n) is 37.0. The second kappa shape index (κ2) is 38.4. The van der Waals surface area contributed by atoms with Crippen molar-refractivity contribution in [2.75, 3.05) is 0 Å². The molecule has 27 aliphatic rings. The van der Waals surface area contributed by atoms with Gasteiger partial charge in [0.15, 0.2) is 0 Å². The molecule has 1 radical (unpaired) electrons. The zero-order valence-electron chi connectivity index (χ0n) is 77.6. The molecular weight excluding hydrogens is 1680 g/mol. The summed E-state index contributed by atoms with van der Waals surface area (Å²) in [5.41, 5.74) is 0. The molecule has 27 rings (SSSR count). The Kier molecular flexibility index (Phi) is 26.8. The molecule has 130 heavy (non-hydrogen) atoms. The van der Waals surface area contributed by atoms with E-state index in [1.54, 1.807) is 0 Å². The Morgan fingerprint density at radius 3 is 0.331 bits per heavy atom. The molecule has 27 fully saturated rings. The van der Waals surface area contributed by atoms with Gasteiger partial charge >= 0.3 is 17.1 Å². The van der Waals surface area contributed by atoms with E-state index in [-0.39, 0.29) is 127 Å². The molecule has 30 nitrogen and oxygen atoms in total. The molecule has 31 heteroatoms. The van der Waals surface area contributed by atoms with Crippen LogP contribution in [0.5, 0.6) is 0 Å². The zero-order chi connectivity index (χ0) is 86.0. The standard InChI is InChI=1S/3C33H56N8O2.Fe/c3*42-33(43)23-15-7-14-22-24(23)32-40-30-21-13-6-5-12-20(21)28(38-30)36-26-17-9-2-1-8-16(17)25(34-26)35-27-18-10-3-4-11-19(18)29(37-27)39-31(22)41-32;/h3*16-32,34-41H,1-15H2,(H,42,43);/q;;;+3/p-3. The molecule has 51 unspecified atom stereocenters. The predicted molar refractivity (Wildman–Crippen MR) is 483 cm³/mol. The number of carboxylic acid groups (broad SMARTS) is 3. The predicted octanol–water partition coefficient (Wildman–Crippen LogP) is 1.74. The van der Waals surface area contributed by atoms with Gasteiger partial charge in [-0.1, -0.05) is 135 Å². The van der Waals surface area contributed by atoms with E-state index in [0.717, 1.165) is 57.8 Å². The average molecular weight is 1840 g/mol. The van der Waals surface area contributed by atoms with Crippen molar-refractivity contribution in [3.8, 4) is 0 Å². The van der Waals surface area contributed by atoms with Gasteiger partial charge in [0.05, 0.1) is 148 Å². The summed E-state index contributed by atoms with van der Waals surface area (Å²) in [5, 5.41) is 136. The maximum absolute atomic E-state index is 12.5. The first kappa shape index (κ1) is 90.5. The molecule has 0 aromatic heterocycles. The van der Waals surface area contributed by atoms with Crippen LogP contribution in [-0.4, -0.2) is 166 Å². The first-order valence-electron chi connectivity index (χ1n) is 55.2. The number of hydrogen-bond donors (Lipinski definition) is 24. The summed E-state index contributed by atoms with van der Waals surface area (Å²) in [4.78, 5) is 37.6. The third-order valence-electron chi connectivity index (χ3n) is 42.6. The summed E-state index contributed by atoms with van der Waals surface area (Å²) in [5.74, 6) is 8.49. The minimum Gasteiger partial charge on any atom is -0.550 e. The summed E-state index contributed by atoms with van der Waals surface area (Å²) in [6.07, 6.45) is 60.4. The maximum Gasteiger partial charge on any atom is 3.00 e. The Morgan fingerprint density at radius 2 is 0.223 bits per heavy atom. The SMILES string of the molecule is O=C([O-])C1CCCC2C3NC4NC(NC5NC(NC6NC(NC(N3)C12)C1CCCCC61)C1CCCCC51)C1CCCCC41.O=C([O-])C1CCCC2C3NC4NC(NC5NC(NC6NC(NC(N3)C12)C1CCCCC61)C1CCCCC51)C1CCCCC41.O=C([O-])C1CCCC2C3NC4NC(NC5NC(NC6NC(NC(N3)C12)C1CCCCC61)C1CCCCC51)C1CCCCC41.[Fe+3]. The fourth-order valence-corrected chi connectivity index (χ4v) is 37.0. The summed E-state index contributed by atoms with van der Waals surface area (Å²) in [6.45, 7) is 0. The van der Waals surface area contributed by atoms with E-state index in [4.69, 9.17) is 0 Å². The van der Waals surface area contributed by atoms with Crippen molar-refractivity contribution in [2.24, 2.45) is 160 Å². The molecule has 24 bridgehead atoms. The first-order valence-corrected chi connectivity index (χ1v) is 55.2.